The number of esters is 1. The summed E-state index contributed by atoms with van der Waals surface area (Å²) in [7, 11) is 1.26. The number of methoxy groups -OCH3 is 1. The van der Waals surface area contributed by atoms with Crippen LogP contribution in [0.3, 0.4) is 0 Å². The average Bonchev–Trinajstić information content (AvgIpc) is 3.19. The number of hydrogen-bond donors (Lipinski definition) is 2. The zero-order valence-corrected chi connectivity index (χ0v) is 19.0. The van der Waals surface area contributed by atoms with Crippen LogP contribution >= 0.6 is 22.9 Å². The second-order valence-corrected chi connectivity index (χ2v) is 8.37. The van der Waals surface area contributed by atoms with Crippen molar-refractivity contribution >= 4 is 46.4 Å². The minimum absolute atomic E-state index is 0.124. The van der Waals surface area contributed by atoms with E-state index in [9.17, 15) is 14.4 Å². The molecule has 3 aromatic rings. The molecule has 0 radical (unpaired) electrons. The number of hydrogen-bond acceptors (Lipinski definition) is 6. The van der Waals surface area contributed by atoms with Crippen LogP contribution in [0.4, 0.5) is 5.69 Å². The lowest BCUT2D eigenvalue weighted by atomic mass is 10.1. The van der Waals surface area contributed by atoms with E-state index in [-0.39, 0.29) is 31.2 Å². The van der Waals surface area contributed by atoms with E-state index in [1.54, 1.807) is 24.3 Å². The molecular formula is C23H22ClN3O4S. The van der Waals surface area contributed by atoms with E-state index in [1.807, 2.05) is 29.6 Å². The van der Waals surface area contributed by atoms with E-state index in [0.29, 0.717) is 22.8 Å². The Kier molecular flexibility index (Phi) is 8.35. The normalized spacial score (nSPS) is 10.4. The number of ether oxygens (including phenoxy) is 1. The first-order valence-corrected chi connectivity index (χ1v) is 11.1. The number of nitrogens with one attached hydrogen (secondary N) is 2. The molecule has 0 saturated heterocycles. The summed E-state index contributed by atoms with van der Waals surface area (Å²) in [5, 5.41) is 8.80. The van der Waals surface area contributed by atoms with Crippen molar-refractivity contribution in [2.45, 2.75) is 19.3 Å². The Morgan fingerprint density at radius 3 is 2.53 bits per heavy atom. The smallest absolute Gasteiger partial charge is 0.325 e. The first-order valence-electron chi connectivity index (χ1n) is 9.81. The summed E-state index contributed by atoms with van der Waals surface area (Å²) in [5.74, 6) is -0.967. The minimum Gasteiger partial charge on any atom is -0.468 e. The van der Waals surface area contributed by atoms with E-state index >= 15 is 0 Å². The minimum atomic E-state index is -0.506. The van der Waals surface area contributed by atoms with Crippen LogP contribution < -0.4 is 10.6 Å². The number of carbonyl (C=O) groups excluding carboxylic acids is 3. The molecule has 0 atom stereocenters. The van der Waals surface area contributed by atoms with Gasteiger partial charge in [-0.2, -0.15) is 0 Å². The molecule has 0 bridgehead atoms. The zero-order valence-electron chi connectivity index (χ0n) is 17.4. The molecular weight excluding hydrogens is 450 g/mol. The maximum atomic E-state index is 12.4. The van der Waals surface area contributed by atoms with Crippen molar-refractivity contribution in [1.82, 2.24) is 10.3 Å². The van der Waals surface area contributed by atoms with Gasteiger partial charge in [0.25, 0.3) is 0 Å². The Morgan fingerprint density at radius 1 is 1.03 bits per heavy atom. The zero-order chi connectivity index (χ0) is 22.9. The lowest BCUT2D eigenvalue weighted by molar-refractivity contribution is -0.141. The summed E-state index contributed by atoms with van der Waals surface area (Å²) in [6.07, 6.45) is 0.963. The molecule has 7 nitrogen and oxygen atoms in total. The molecule has 0 spiro atoms. The molecule has 0 aliphatic carbocycles. The first-order chi connectivity index (χ1) is 15.4. The molecule has 32 heavy (non-hydrogen) atoms. The van der Waals surface area contributed by atoms with Gasteiger partial charge >= 0.3 is 5.97 Å². The predicted molar refractivity (Wildman–Crippen MR) is 124 cm³/mol. The molecule has 0 aliphatic heterocycles. The number of aromatic nitrogens is 1. The molecule has 2 amide bonds. The number of anilines is 1. The van der Waals surface area contributed by atoms with Crippen molar-refractivity contribution in [2.75, 3.05) is 19.0 Å². The largest absolute Gasteiger partial charge is 0.468 e. The Balaban J connectivity index is 1.47. The lowest BCUT2D eigenvalue weighted by Crippen LogP contribution is -2.31. The summed E-state index contributed by atoms with van der Waals surface area (Å²) in [6, 6.07) is 14.6. The number of rotatable bonds is 9. The van der Waals surface area contributed by atoms with Gasteiger partial charge in [-0.15, -0.1) is 11.3 Å². The van der Waals surface area contributed by atoms with Crippen LogP contribution in [-0.4, -0.2) is 36.4 Å². The number of amides is 2. The van der Waals surface area contributed by atoms with Crippen molar-refractivity contribution in [3.63, 3.8) is 0 Å². The second-order valence-electron chi connectivity index (χ2n) is 6.99. The highest BCUT2D eigenvalue weighted by Crippen LogP contribution is 2.18. The van der Waals surface area contributed by atoms with Crippen molar-refractivity contribution in [2.24, 2.45) is 0 Å². The maximum absolute atomic E-state index is 12.4. The van der Waals surface area contributed by atoms with Crippen LogP contribution in [0.2, 0.25) is 5.02 Å². The maximum Gasteiger partial charge on any atom is 0.325 e. The third-order valence-electron chi connectivity index (χ3n) is 4.45. The predicted octanol–water partition coefficient (Wildman–Crippen LogP) is 3.40. The van der Waals surface area contributed by atoms with Crippen LogP contribution in [0.25, 0.3) is 0 Å². The van der Waals surface area contributed by atoms with Gasteiger partial charge < -0.3 is 15.4 Å². The standard InChI is InChI=1S/C23H22ClN3O4S/c1-31-23(30)13-25-20(28)10-15-5-7-18(8-6-15)26-21(29)12-19-14-32-22(27-19)11-16-3-2-4-17(24)9-16/h2-9,14H,10-13H2,1H3,(H,25,28)(H,26,29). The van der Waals surface area contributed by atoms with E-state index in [1.165, 1.54) is 18.4 Å². The molecule has 0 saturated carbocycles. The molecule has 2 N–H and O–H groups in total. The van der Waals surface area contributed by atoms with Crippen LogP contribution in [0.15, 0.2) is 53.9 Å². The number of benzene rings is 2. The highest BCUT2D eigenvalue weighted by molar-refractivity contribution is 7.09. The molecule has 2 aromatic carbocycles. The molecule has 3 rings (SSSR count). The second kappa shape index (κ2) is 11.4. The Morgan fingerprint density at radius 2 is 1.81 bits per heavy atom. The Bertz CT molecular complexity index is 1100. The molecule has 0 unspecified atom stereocenters. The van der Waals surface area contributed by atoms with Crippen LogP contribution in [-0.2, 0) is 38.4 Å². The lowest BCUT2D eigenvalue weighted by Gasteiger charge is -2.07. The summed E-state index contributed by atoms with van der Waals surface area (Å²) in [4.78, 5) is 39.8. The number of carbonyl (C=O) groups is 3. The van der Waals surface area contributed by atoms with E-state index < -0.39 is 5.97 Å². The van der Waals surface area contributed by atoms with Gasteiger partial charge in [-0.1, -0.05) is 35.9 Å². The third-order valence-corrected chi connectivity index (χ3v) is 5.58. The van der Waals surface area contributed by atoms with E-state index in [0.717, 1.165) is 16.1 Å². The topological polar surface area (TPSA) is 97.4 Å². The van der Waals surface area contributed by atoms with Gasteiger partial charge in [0.05, 0.1) is 30.7 Å². The van der Waals surface area contributed by atoms with E-state index in [4.69, 9.17) is 11.6 Å². The van der Waals surface area contributed by atoms with Crippen LogP contribution in [0.5, 0.6) is 0 Å². The van der Waals surface area contributed by atoms with Gasteiger partial charge in [-0.25, -0.2) is 4.98 Å². The summed E-state index contributed by atoms with van der Waals surface area (Å²) < 4.78 is 4.48. The van der Waals surface area contributed by atoms with Gasteiger partial charge in [0.1, 0.15) is 6.54 Å². The molecule has 9 heteroatoms. The third kappa shape index (κ3) is 7.47. The molecule has 1 aromatic heterocycles. The van der Waals surface area contributed by atoms with Crippen molar-refractivity contribution in [3.05, 3.63) is 80.8 Å². The molecule has 0 fully saturated rings. The average molecular weight is 472 g/mol. The fraction of sp³-hybridized carbons (Fsp3) is 0.217. The molecule has 166 valence electrons. The quantitative estimate of drug-likeness (QED) is 0.466. The summed E-state index contributed by atoms with van der Waals surface area (Å²) in [6.45, 7) is -0.166. The van der Waals surface area contributed by atoms with Crippen molar-refractivity contribution < 1.29 is 19.1 Å². The fourth-order valence-corrected chi connectivity index (χ4v) is 3.94. The number of nitrogens with zero attached hydrogens (tertiary/aromatic N) is 1. The van der Waals surface area contributed by atoms with Gasteiger partial charge in [0, 0.05) is 22.5 Å². The van der Waals surface area contributed by atoms with Crippen LogP contribution in [0.1, 0.15) is 21.8 Å². The van der Waals surface area contributed by atoms with Crippen molar-refractivity contribution in [3.8, 4) is 0 Å². The molecule has 0 aliphatic rings. The monoisotopic (exact) mass is 471 g/mol. The number of thiazole rings is 1. The van der Waals surface area contributed by atoms with Gasteiger partial charge in [-0.05, 0) is 35.4 Å². The van der Waals surface area contributed by atoms with Gasteiger partial charge in [0.15, 0.2) is 0 Å². The highest BCUT2D eigenvalue weighted by atomic mass is 35.5. The Hall–Kier alpha value is -3.23. The van der Waals surface area contributed by atoms with Gasteiger partial charge in [0.2, 0.25) is 11.8 Å². The first kappa shape index (κ1) is 23.4. The summed E-state index contributed by atoms with van der Waals surface area (Å²) >= 11 is 7.53. The number of halogens is 1. The Labute approximate surface area is 194 Å². The van der Waals surface area contributed by atoms with Gasteiger partial charge in [-0.3, -0.25) is 14.4 Å². The van der Waals surface area contributed by atoms with Crippen LogP contribution in [0, 0.1) is 0 Å². The fourth-order valence-electron chi connectivity index (χ4n) is 2.90. The SMILES string of the molecule is COC(=O)CNC(=O)Cc1ccc(NC(=O)Cc2csc(Cc3cccc(Cl)c3)n2)cc1. The summed E-state index contributed by atoms with van der Waals surface area (Å²) in [5.41, 5.74) is 3.17. The van der Waals surface area contributed by atoms with E-state index in [2.05, 4.69) is 20.4 Å². The van der Waals surface area contributed by atoms with Crippen molar-refractivity contribution in [1.29, 1.82) is 0 Å². The highest BCUT2D eigenvalue weighted by Gasteiger charge is 2.10. The molecule has 1 heterocycles.